The molecule has 8 nitrogen and oxygen atoms in total. The highest BCUT2D eigenvalue weighted by Crippen LogP contribution is 2.49. The highest BCUT2D eigenvalue weighted by Gasteiger charge is 2.54. The Bertz CT molecular complexity index is 805. The first kappa shape index (κ1) is 20.5. The number of ether oxygens (including phenoxy) is 1. The molecule has 0 unspecified atom stereocenters. The Morgan fingerprint density at radius 3 is 2.30 bits per heavy atom. The molecule has 0 radical (unpaired) electrons. The average molecular weight is 376 g/mol. The van der Waals surface area contributed by atoms with E-state index in [9.17, 15) is 24.5 Å². The smallest absolute Gasteiger partial charge is 0.380 e. The van der Waals surface area contributed by atoms with Crippen molar-refractivity contribution in [1.82, 2.24) is 5.32 Å². The van der Waals surface area contributed by atoms with Crippen molar-refractivity contribution in [2.45, 2.75) is 59.1 Å². The van der Waals surface area contributed by atoms with Crippen LogP contribution in [-0.2, 0) is 14.3 Å². The van der Waals surface area contributed by atoms with E-state index >= 15 is 0 Å². The summed E-state index contributed by atoms with van der Waals surface area (Å²) < 4.78 is 5.03. The summed E-state index contributed by atoms with van der Waals surface area (Å²) in [5.41, 5.74) is -1.66. The van der Waals surface area contributed by atoms with Crippen LogP contribution >= 0.6 is 0 Å². The fourth-order valence-corrected chi connectivity index (χ4v) is 3.35. The summed E-state index contributed by atoms with van der Waals surface area (Å²) in [5.74, 6) is -2.16. The largest absolute Gasteiger partial charge is 0.454 e. The molecule has 0 bridgehead atoms. The van der Waals surface area contributed by atoms with Crippen molar-refractivity contribution in [1.29, 1.82) is 0 Å². The van der Waals surface area contributed by atoms with Gasteiger partial charge in [-0.3, -0.25) is 19.7 Å². The number of benzene rings is 1. The predicted octanol–water partition coefficient (Wildman–Crippen LogP) is 3.10. The lowest BCUT2D eigenvalue weighted by Crippen LogP contribution is -2.60. The lowest BCUT2D eigenvalue weighted by atomic mass is 9.66. The predicted molar refractivity (Wildman–Crippen MR) is 97.2 cm³/mol. The molecule has 27 heavy (non-hydrogen) atoms. The second-order valence-electron chi connectivity index (χ2n) is 7.63. The minimum absolute atomic E-state index is 0.121. The molecule has 2 rings (SSSR count). The van der Waals surface area contributed by atoms with Gasteiger partial charge >= 0.3 is 5.97 Å². The Hall–Kier alpha value is -2.77. The number of nitro benzene ring substituents is 1. The van der Waals surface area contributed by atoms with E-state index in [1.807, 2.05) is 13.8 Å². The van der Waals surface area contributed by atoms with Gasteiger partial charge in [0.2, 0.25) is 5.91 Å². The second kappa shape index (κ2) is 7.09. The van der Waals surface area contributed by atoms with Gasteiger partial charge in [-0.1, -0.05) is 13.8 Å². The molecule has 1 aliphatic rings. The van der Waals surface area contributed by atoms with Crippen molar-refractivity contribution in [3.8, 4) is 0 Å². The van der Waals surface area contributed by atoms with E-state index in [-0.39, 0.29) is 17.2 Å². The van der Waals surface area contributed by atoms with E-state index in [4.69, 9.17) is 4.74 Å². The Morgan fingerprint density at radius 1 is 1.26 bits per heavy atom. The van der Waals surface area contributed by atoms with Crippen molar-refractivity contribution in [2.75, 3.05) is 0 Å². The van der Waals surface area contributed by atoms with Crippen LogP contribution in [0.4, 0.5) is 5.69 Å². The highest BCUT2D eigenvalue weighted by atomic mass is 16.6. The third-order valence-corrected chi connectivity index (χ3v) is 4.93. The lowest BCUT2D eigenvalue weighted by molar-refractivity contribution is -0.386. The van der Waals surface area contributed by atoms with Gasteiger partial charge in [0.15, 0.2) is 0 Å². The molecule has 1 amide bonds. The number of nitrogens with zero attached hydrogens (tertiary/aromatic N) is 1. The molecule has 1 N–H and O–H groups in total. The van der Waals surface area contributed by atoms with Crippen LogP contribution in [0.15, 0.2) is 18.2 Å². The average Bonchev–Trinajstić information content (AvgIpc) is 2.58. The number of amides is 1. The first-order valence-electron chi connectivity index (χ1n) is 8.83. The van der Waals surface area contributed by atoms with E-state index in [0.717, 1.165) is 6.07 Å². The fourth-order valence-electron chi connectivity index (χ4n) is 3.35. The molecule has 0 spiro atoms. The third-order valence-electron chi connectivity index (χ3n) is 4.93. The summed E-state index contributed by atoms with van der Waals surface area (Å²) in [4.78, 5) is 47.3. The number of β-lactam (4-membered cyclic amide) rings is 1. The second-order valence-corrected chi connectivity index (χ2v) is 7.63. The maximum Gasteiger partial charge on any atom is 0.380 e. The topological polar surface area (TPSA) is 116 Å². The number of carbonyl (C=O) groups is 3. The molecule has 1 heterocycles. The number of nitro groups is 1. The molecule has 0 aromatic heterocycles. The van der Waals surface area contributed by atoms with Gasteiger partial charge in [0.1, 0.15) is 5.60 Å². The van der Waals surface area contributed by atoms with Gasteiger partial charge in [-0.15, -0.1) is 0 Å². The molecule has 0 saturated carbocycles. The molecule has 1 saturated heterocycles. The number of hydrogen-bond acceptors (Lipinski definition) is 6. The van der Waals surface area contributed by atoms with Crippen LogP contribution in [0.1, 0.15) is 69.4 Å². The van der Waals surface area contributed by atoms with Crippen LogP contribution in [0.5, 0.6) is 0 Å². The zero-order valence-electron chi connectivity index (χ0n) is 16.1. The molecule has 1 aromatic rings. The summed E-state index contributed by atoms with van der Waals surface area (Å²) in [6.07, 6.45) is 1.07. The monoisotopic (exact) mass is 376 g/mol. The zero-order chi connectivity index (χ0) is 20.6. The van der Waals surface area contributed by atoms with Crippen LogP contribution in [0.3, 0.4) is 0 Å². The van der Waals surface area contributed by atoms with Gasteiger partial charge in [-0.25, -0.2) is 4.79 Å². The summed E-state index contributed by atoms with van der Waals surface area (Å²) in [6.45, 7) is 8.59. The van der Waals surface area contributed by atoms with Crippen molar-refractivity contribution in [3.63, 3.8) is 0 Å². The molecular weight excluding hydrogens is 352 g/mol. The first-order chi connectivity index (χ1) is 12.5. The fraction of sp³-hybridized carbons (Fsp3) is 0.526. The summed E-state index contributed by atoms with van der Waals surface area (Å²) in [5, 5.41) is 14.3. The minimum atomic E-state index is -1.07. The van der Waals surface area contributed by atoms with E-state index in [2.05, 4.69) is 5.32 Å². The van der Waals surface area contributed by atoms with Gasteiger partial charge in [0, 0.05) is 11.6 Å². The normalized spacial score (nSPS) is 18.3. The van der Waals surface area contributed by atoms with Crippen LogP contribution in [0, 0.1) is 15.5 Å². The summed E-state index contributed by atoms with van der Waals surface area (Å²) in [7, 11) is 0. The Labute approximate surface area is 157 Å². The molecule has 8 heteroatoms. The van der Waals surface area contributed by atoms with Gasteiger partial charge in [0.05, 0.1) is 21.9 Å². The number of rotatable bonds is 6. The van der Waals surface area contributed by atoms with Gasteiger partial charge in [-0.2, -0.15) is 0 Å². The van der Waals surface area contributed by atoms with Crippen LogP contribution in [0.2, 0.25) is 0 Å². The molecular formula is C19H24N2O6. The van der Waals surface area contributed by atoms with Crippen LogP contribution in [0.25, 0.3) is 0 Å². The Kier molecular flexibility index (Phi) is 5.40. The van der Waals surface area contributed by atoms with Crippen LogP contribution in [-0.4, -0.2) is 28.2 Å². The quantitative estimate of drug-likeness (QED) is 0.204. The maximum absolute atomic E-state index is 12.3. The van der Waals surface area contributed by atoms with E-state index in [0.29, 0.717) is 18.4 Å². The van der Waals surface area contributed by atoms with Gasteiger partial charge < -0.3 is 10.1 Å². The van der Waals surface area contributed by atoms with Gasteiger partial charge in [-0.05, 0) is 45.7 Å². The molecule has 0 aliphatic carbocycles. The van der Waals surface area contributed by atoms with Crippen molar-refractivity contribution >= 4 is 23.3 Å². The first-order valence-corrected chi connectivity index (χ1v) is 8.83. The number of Topliss-reactive ketones (excluding diaryl/α,β-unsaturated/α-hetero) is 1. The van der Waals surface area contributed by atoms with Gasteiger partial charge in [0.25, 0.3) is 11.5 Å². The summed E-state index contributed by atoms with van der Waals surface area (Å²) in [6, 6.07) is 3.35. The number of ketones is 1. The SMILES string of the molecule is CCC1(CC)C(=O)N[C@@H]1c1ccc(C(=O)C(=O)OC(C)(C)C)cc1[N+](=O)[O-]. The molecule has 1 atom stereocenters. The number of carbonyl (C=O) groups excluding carboxylic acids is 3. The lowest BCUT2D eigenvalue weighted by Gasteiger charge is -2.48. The number of esters is 1. The Morgan fingerprint density at radius 2 is 1.85 bits per heavy atom. The van der Waals surface area contributed by atoms with Crippen molar-refractivity contribution in [2.24, 2.45) is 5.41 Å². The van der Waals surface area contributed by atoms with E-state index < -0.39 is 33.7 Å². The van der Waals surface area contributed by atoms with Crippen molar-refractivity contribution in [3.05, 3.63) is 39.4 Å². The molecule has 1 fully saturated rings. The summed E-state index contributed by atoms with van der Waals surface area (Å²) >= 11 is 0. The van der Waals surface area contributed by atoms with Crippen molar-refractivity contribution < 1.29 is 24.0 Å². The zero-order valence-corrected chi connectivity index (χ0v) is 16.1. The van der Waals surface area contributed by atoms with E-state index in [1.165, 1.54) is 12.1 Å². The Balaban J connectivity index is 2.41. The minimum Gasteiger partial charge on any atom is -0.454 e. The maximum atomic E-state index is 12.3. The molecule has 146 valence electrons. The number of hydrogen-bond donors (Lipinski definition) is 1. The van der Waals surface area contributed by atoms with E-state index in [1.54, 1.807) is 20.8 Å². The standard InChI is InChI=1S/C19H24N2O6/c1-6-19(7-2)15(20-17(19)24)12-9-8-11(10-13(12)21(25)26)14(22)16(23)27-18(3,4)5/h8-10,15H,6-7H2,1-5H3,(H,20,24)/t15-/m1/s1. The highest BCUT2D eigenvalue weighted by molar-refractivity contribution is 6.40. The van der Waals surface area contributed by atoms with Crippen LogP contribution < -0.4 is 5.32 Å². The third kappa shape index (κ3) is 3.70. The number of nitrogens with one attached hydrogen (secondary N) is 1. The molecule has 1 aromatic carbocycles. The molecule has 1 aliphatic heterocycles.